The van der Waals surface area contributed by atoms with Crippen molar-refractivity contribution >= 4 is 23.2 Å². The van der Waals surface area contributed by atoms with Gasteiger partial charge in [0.15, 0.2) is 0 Å². The highest BCUT2D eigenvalue weighted by Crippen LogP contribution is 2.20. The lowest BCUT2D eigenvalue weighted by Gasteiger charge is -2.23. The van der Waals surface area contributed by atoms with Crippen molar-refractivity contribution in [1.29, 1.82) is 0 Å². The van der Waals surface area contributed by atoms with E-state index in [0.29, 0.717) is 31.4 Å². The van der Waals surface area contributed by atoms with Gasteiger partial charge in [-0.3, -0.25) is 0 Å². The molecule has 17 heavy (non-hydrogen) atoms. The number of ether oxygens (including phenoxy) is 2. The summed E-state index contributed by atoms with van der Waals surface area (Å²) < 4.78 is 10.8. The van der Waals surface area contributed by atoms with Crippen LogP contribution >= 0.6 is 23.2 Å². The summed E-state index contributed by atoms with van der Waals surface area (Å²) in [5.41, 5.74) is 0.996. The minimum atomic E-state index is 0.127. The van der Waals surface area contributed by atoms with E-state index < -0.39 is 0 Å². The van der Waals surface area contributed by atoms with Gasteiger partial charge in [0.05, 0.1) is 25.9 Å². The summed E-state index contributed by atoms with van der Waals surface area (Å²) in [6.45, 7) is 3.44. The summed E-state index contributed by atoms with van der Waals surface area (Å²) in [5, 5.41) is 4.71. The Labute approximate surface area is 111 Å². The fourth-order valence-corrected chi connectivity index (χ4v) is 2.08. The van der Waals surface area contributed by atoms with Gasteiger partial charge in [-0.25, -0.2) is 0 Å². The molecule has 1 aliphatic heterocycles. The van der Waals surface area contributed by atoms with Crippen molar-refractivity contribution in [3.05, 3.63) is 33.8 Å². The SMILES string of the molecule is Clc1ccc(Cl)c(CNCC2COCCO2)c1. The maximum absolute atomic E-state index is 6.06. The van der Waals surface area contributed by atoms with Crippen molar-refractivity contribution in [2.45, 2.75) is 12.6 Å². The Morgan fingerprint density at radius 1 is 1.29 bits per heavy atom. The highest BCUT2D eigenvalue weighted by molar-refractivity contribution is 6.33. The zero-order valence-electron chi connectivity index (χ0n) is 9.42. The largest absolute Gasteiger partial charge is 0.376 e. The first-order valence-corrected chi connectivity index (χ1v) is 6.35. The third-order valence-electron chi connectivity index (χ3n) is 2.58. The van der Waals surface area contributed by atoms with Gasteiger partial charge < -0.3 is 14.8 Å². The zero-order chi connectivity index (χ0) is 12.1. The summed E-state index contributed by atoms with van der Waals surface area (Å²) in [6.07, 6.45) is 0.127. The van der Waals surface area contributed by atoms with Crippen molar-refractivity contribution in [3.8, 4) is 0 Å². The molecule has 0 aliphatic carbocycles. The predicted molar refractivity (Wildman–Crippen MR) is 68.7 cm³/mol. The molecule has 0 aromatic heterocycles. The number of rotatable bonds is 4. The van der Waals surface area contributed by atoms with Crippen molar-refractivity contribution in [2.24, 2.45) is 0 Å². The quantitative estimate of drug-likeness (QED) is 0.916. The molecule has 1 N–H and O–H groups in total. The molecular formula is C12H15Cl2NO2. The Hall–Kier alpha value is -0.320. The molecule has 1 heterocycles. The van der Waals surface area contributed by atoms with E-state index in [9.17, 15) is 0 Å². The molecule has 3 nitrogen and oxygen atoms in total. The third-order valence-corrected chi connectivity index (χ3v) is 3.18. The molecule has 94 valence electrons. The number of hydrogen-bond acceptors (Lipinski definition) is 3. The summed E-state index contributed by atoms with van der Waals surface area (Å²) >= 11 is 12.0. The van der Waals surface area contributed by atoms with E-state index >= 15 is 0 Å². The summed E-state index contributed by atoms with van der Waals surface area (Å²) in [6, 6.07) is 5.46. The van der Waals surface area contributed by atoms with Crippen LogP contribution in [0.25, 0.3) is 0 Å². The lowest BCUT2D eigenvalue weighted by atomic mass is 10.2. The number of nitrogens with one attached hydrogen (secondary N) is 1. The first-order chi connectivity index (χ1) is 8.25. The predicted octanol–water partition coefficient (Wildman–Crippen LogP) is 2.50. The Morgan fingerprint density at radius 2 is 2.18 bits per heavy atom. The molecule has 1 atom stereocenters. The lowest BCUT2D eigenvalue weighted by molar-refractivity contribution is -0.0864. The second-order valence-corrected chi connectivity index (χ2v) is 4.78. The Balaban J connectivity index is 1.79. The summed E-state index contributed by atoms with van der Waals surface area (Å²) in [7, 11) is 0. The molecule has 5 heteroatoms. The summed E-state index contributed by atoms with van der Waals surface area (Å²) in [5.74, 6) is 0. The molecule has 0 radical (unpaired) electrons. The topological polar surface area (TPSA) is 30.5 Å². The van der Waals surface area contributed by atoms with Gasteiger partial charge in [0, 0.05) is 23.1 Å². The molecule has 0 spiro atoms. The molecule has 0 saturated carbocycles. The van der Waals surface area contributed by atoms with Crippen molar-refractivity contribution < 1.29 is 9.47 Å². The van der Waals surface area contributed by atoms with Gasteiger partial charge in [-0.05, 0) is 23.8 Å². The standard InChI is InChI=1S/C12H15Cl2NO2/c13-10-1-2-12(14)9(5-10)6-15-7-11-8-16-3-4-17-11/h1-2,5,11,15H,3-4,6-8H2. The molecule has 1 saturated heterocycles. The fraction of sp³-hybridized carbons (Fsp3) is 0.500. The fourth-order valence-electron chi connectivity index (χ4n) is 1.70. The molecule has 0 amide bonds. The first-order valence-electron chi connectivity index (χ1n) is 5.59. The van der Waals surface area contributed by atoms with Crippen LogP contribution in [0.4, 0.5) is 0 Å². The average molecular weight is 276 g/mol. The maximum Gasteiger partial charge on any atom is 0.0933 e. The smallest absolute Gasteiger partial charge is 0.0933 e. The second-order valence-electron chi connectivity index (χ2n) is 3.93. The molecule has 2 rings (SSSR count). The average Bonchev–Trinajstić information content (AvgIpc) is 2.35. The Kier molecular flexibility index (Phi) is 5.07. The highest BCUT2D eigenvalue weighted by atomic mass is 35.5. The zero-order valence-corrected chi connectivity index (χ0v) is 10.9. The van der Waals surface area contributed by atoms with Gasteiger partial charge in [0.1, 0.15) is 0 Å². The van der Waals surface area contributed by atoms with E-state index in [1.807, 2.05) is 6.07 Å². The van der Waals surface area contributed by atoms with Crippen LogP contribution in [0.2, 0.25) is 10.0 Å². The van der Waals surface area contributed by atoms with E-state index in [1.165, 1.54) is 0 Å². The molecular weight excluding hydrogens is 261 g/mol. The van der Waals surface area contributed by atoms with Gasteiger partial charge in [-0.2, -0.15) is 0 Å². The third kappa shape index (κ3) is 4.12. The van der Waals surface area contributed by atoms with Crippen LogP contribution in [0.5, 0.6) is 0 Å². The van der Waals surface area contributed by atoms with Gasteiger partial charge >= 0.3 is 0 Å². The van der Waals surface area contributed by atoms with Crippen molar-refractivity contribution in [1.82, 2.24) is 5.32 Å². The van der Waals surface area contributed by atoms with E-state index in [-0.39, 0.29) is 6.10 Å². The minimum absolute atomic E-state index is 0.127. The van der Waals surface area contributed by atoms with E-state index in [1.54, 1.807) is 12.1 Å². The Bertz CT molecular complexity index is 368. The maximum atomic E-state index is 6.06. The van der Waals surface area contributed by atoms with E-state index in [2.05, 4.69) is 5.32 Å². The van der Waals surface area contributed by atoms with Crippen LogP contribution in [-0.4, -0.2) is 32.5 Å². The van der Waals surface area contributed by atoms with E-state index in [0.717, 1.165) is 17.1 Å². The van der Waals surface area contributed by atoms with Gasteiger partial charge in [0.2, 0.25) is 0 Å². The van der Waals surface area contributed by atoms with Crippen LogP contribution in [0.3, 0.4) is 0 Å². The highest BCUT2D eigenvalue weighted by Gasteiger charge is 2.13. The Morgan fingerprint density at radius 3 is 2.94 bits per heavy atom. The number of benzene rings is 1. The molecule has 1 aromatic rings. The van der Waals surface area contributed by atoms with Gasteiger partial charge in [-0.1, -0.05) is 23.2 Å². The normalized spacial score (nSPS) is 20.5. The lowest BCUT2D eigenvalue weighted by Crippen LogP contribution is -2.37. The van der Waals surface area contributed by atoms with Crippen LogP contribution < -0.4 is 5.32 Å². The van der Waals surface area contributed by atoms with Crippen LogP contribution in [-0.2, 0) is 16.0 Å². The molecule has 1 aromatic carbocycles. The molecule has 0 bridgehead atoms. The number of halogens is 2. The van der Waals surface area contributed by atoms with Gasteiger partial charge in [-0.15, -0.1) is 0 Å². The van der Waals surface area contributed by atoms with Gasteiger partial charge in [0.25, 0.3) is 0 Å². The summed E-state index contributed by atoms with van der Waals surface area (Å²) in [4.78, 5) is 0. The molecule has 1 aliphatic rings. The van der Waals surface area contributed by atoms with Crippen molar-refractivity contribution in [2.75, 3.05) is 26.4 Å². The van der Waals surface area contributed by atoms with Crippen LogP contribution in [0.1, 0.15) is 5.56 Å². The minimum Gasteiger partial charge on any atom is -0.376 e. The monoisotopic (exact) mass is 275 g/mol. The van der Waals surface area contributed by atoms with Crippen molar-refractivity contribution in [3.63, 3.8) is 0 Å². The first kappa shape index (κ1) is 13.1. The molecule has 1 unspecified atom stereocenters. The van der Waals surface area contributed by atoms with Crippen LogP contribution in [0.15, 0.2) is 18.2 Å². The second kappa shape index (κ2) is 6.57. The number of hydrogen-bond donors (Lipinski definition) is 1. The van der Waals surface area contributed by atoms with Crippen LogP contribution in [0, 0.1) is 0 Å². The van der Waals surface area contributed by atoms with E-state index in [4.69, 9.17) is 32.7 Å². The molecule has 1 fully saturated rings.